The molecule has 0 spiro atoms. The molecule has 0 amide bonds. The molecule has 0 radical (unpaired) electrons. The van der Waals surface area contributed by atoms with E-state index in [1.165, 1.54) is 24.9 Å². The number of anilines is 1. The van der Waals surface area contributed by atoms with E-state index in [0.29, 0.717) is 29.3 Å². The van der Waals surface area contributed by atoms with E-state index in [2.05, 4.69) is 5.32 Å². The predicted molar refractivity (Wildman–Crippen MR) is 95.2 cm³/mol. The summed E-state index contributed by atoms with van der Waals surface area (Å²) in [5, 5.41) is 4.12. The summed E-state index contributed by atoms with van der Waals surface area (Å²) in [5.41, 5.74) is 0.678. The lowest BCUT2D eigenvalue weighted by molar-refractivity contribution is 0.0593. The Bertz CT molecular complexity index is 937. The molecule has 2 aliphatic heterocycles. The largest absolute Gasteiger partial charge is 0.465 e. The lowest BCUT2D eigenvalue weighted by atomic mass is 10.1. The maximum Gasteiger partial charge on any atom is 0.344 e. The van der Waals surface area contributed by atoms with Crippen LogP contribution in [0.3, 0.4) is 0 Å². The topological polar surface area (TPSA) is 63.6 Å². The van der Waals surface area contributed by atoms with Crippen LogP contribution in [0.2, 0.25) is 0 Å². The highest BCUT2D eigenvalue weighted by molar-refractivity contribution is 8.00. The number of ether oxygens (including phenoxy) is 1. The summed E-state index contributed by atoms with van der Waals surface area (Å²) < 4.78 is 21.4. The van der Waals surface area contributed by atoms with Gasteiger partial charge in [0.05, 0.1) is 28.7 Å². The molecule has 1 N–H and O–H groups in total. The van der Waals surface area contributed by atoms with E-state index in [9.17, 15) is 14.0 Å². The number of nitrogens with zero attached hydrogens (tertiary/aromatic N) is 2. The second-order valence-corrected chi connectivity index (χ2v) is 7.45. The first-order valence-electron chi connectivity index (χ1n) is 8.15. The van der Waals surface area contributed by atoms with Gasteiger partial charge in [-0.15, -0.1) is 0 Å². The van der Waals surface area contributed by atoms with Crippen molar-refractivity contribution in [2.75, 3.05) is 38.2 Å². The Balaban J connectivity index is 1.97. The minimum absolute atomic E-state index is 0.00702. The Morgan fingerprint density at radius 3 is 2.72 bits per heavy atom. The Hall–Kier alpha value is -2.06. The third-order valence-electron chi connectivity index (χ3n) is 4.72. The normalized spacial score (nSPS) is 19.5. The average molecular weight is 363 g/mol. The maximum absolute atomic E-state index is 14.7. The van der Waals surface area contributed by atoms with Gasteiger partial charge >= 0.3 is 5.97 Å². The number of halogens is 1. The van der Waals surface area contributed by atoms with Gasteiger partial charge in [-0.05, 0) is 19.1 Å². The predicted octanol–water partition coefficient (Wildman–Crippen LogP) is 1.96. The first-order valence-corrected chi connectivity index (χ1v) is 9.03. The van der Waals surface area contributed by atoms with Gasteiger partial charge in [-0.1, -0.05) is 11.8 Å². The zero-order valence-electron chi connectivity index (χ0n) is 14.0. The molecule has 1 atom stereocenters. The zero-order chi connectivity index (χ0) is 17.7. The molecule has 1 aromatic heterocycles. The van der Waals surface area contributed by atoms with E-state index in [4.69, 9.17) is 4.74 Å². The average Bonchev–Trinajstić information content (AvgIpc) is 2.61. The highest BCUT2D eigenvalue weighted by Gasteiger charge is 2.33. The van der Waals surface area contributed by atoms with Crippen molar-refractivity contribution in [1.82, 2.24) is 9.88 Å². The van der Waals surface area contributed by atoms with Crippen LogP contribution in [0.1, 0.15) is 22.7 Å². The fourth-order valence-corrected chi connectivity index (χ4v) is 4.62. The van der Waals surface area contributed by atoms with Crippen LogP contribution in [0.4, 0.5) is 10.1 Å². The summed E-state index contributed by atoms with van der Waals surface area (Å²) in [5.74, 6) is -1.12. The number of fused-ring (bicyclic) bond motifs is 3. The molecule has 25 heavy (non-hydrogen) atoms. The van der Waals surface area contributed by atoms with Crippen LogP contribution >= 0.6 is 11.8 Å². The SMILES string of the molecule is COC(=O)c1c2n(c3cc(N4CCNCC4)c(F)cc3c1=O)C(C)S2. The molecule has 0 saturated carbocycles. The molecule has 1 unspecified atom stereocenters. The van der Waals surface area contributed by atoms with Gasteiger partial charge in [-0.2, -0.15) is 0 Å². The molecule has 0 bridgehead atoms. The van der Waals surface area contributed by atoms with Gasteiger partial charge < -0.3 is 19.5 Å². The molecule has 2 aromatic rings. The second kappa shape index (κ2) is 6.03. The second-order valence-electron chi connectivity index (χ2n) is 6.15. The molecular formula is C17H18FN3O3S. The number of methoxy groups -OCH3 is 1. The summed E-state index contributed by atoms with van der Waals surface area (Å²) in [6.07, 6.45) is 0. The molecule has 1 aromatic carbocycles. The monoisotopic (exact) mass is 363 g/mol. The van der Waals surface area contributed by atoms with E-state index >= 15 is 0 Å². The van der Waals surface area contributed by atoms with Crippen molar-refractivity contribution in [2.24, 2.45) is 0 Å². The van der Waals surface area contributed by atoms with Gasteiger partial charge in [-0.3, -0.25) is 4.79 Å². The fraction of sp³-hybridized carbons (Fsp3) is 0.412. The number of rotatable bonds is 2. The van der Waals surface area contributed by atoms with Gasteiger partial charge in [0.1, 0.15) is 11.4 Å². The van der Waals surface area contributed by atoms with Gasteiger partial charge in [0.2, 0.25) is 5.43 Å². The highest BCUT2D eigenvalue weighted by Crippen LogP contribution is 2.46. The number of thioether (sulfide) groups is 1. The van der Waals surface area contributed by atoms with Crippen LogP contribution in [0.25, 0.3) is 10.9 Å². The Morgan fingerprint density at radius 2 is 2.08 bits per heavy atom. The minimum atomic E-state index is -0.679. The van der Waals surface area contributed by atoms with E-state index < -0.39 is 17.2 Å². The quantitative estimate of drug-likeness (QED) is 0.823. The number of nitrogens with one attached hydrogen (secondary N) is 1. The van der Waals surface area contributed by atoms with E-state index in [-0.39, 0.29) is 16.3 Å². The summed E-state index contributed by atoms with van der Waals surface area (Å²) >= 11 is 1.44. The van der Waals surface area contributed by atoms with E-state index in [1.54, 1.807) is 6.07 Å². The van der Waals surface area contributed by atoms with Gasteiger partial charge in [0.15, 0.2) is 0 Å². The van der Waals surface area contributed by atoms with Crippen molar-refractivity contribution in [2.45, 2.75) is 17.3 Å². The van der Waals surface area contributed by atoms with Crippen molar-refractivity contribution in [3.8, 4) is 0 Å². The Morgan fingerprint density at radius 1 is 1.36 bits per heavy atom. The molecular weight excluding hydrogens is 345 g/mol. The van der Waals surface area contributed by atoms with E-state index in [0.717, 1.165) is 13.1 Å². The molecule has 6 nitrogen and oxygen atoms in total. The Labute approximate surface area is 147 Å². The first kappa shape index (κ1) is 16.4. The molecule has 132 valence electrons. The molecule has 1 fully saturated rings. The molecule has 2 aliphatic rings. The third-order valence-corrected chi connectivity index (χ3v) is 5.90. The number of piperazine rings is 1. The highest BCUT2D eigenvalue weighted by atomic mass is 32.2. The lowest BCUT2D eigenvalue weighted by Crippen LogP contribution is -2.44. The summed E-state index contributed by atoms with van der Waals surface area (Å²) in [6, 6.07) is 2.99. The Kier molecular flexibility index (Phi) is 3.96. The molecule has 0 aliphatic carbocycles. The molecule has 4 rings (SSSR count). The van der Waals surface area contributed by atoms with Crippen molar-refractivity contribution < 1.29 is 13.9 Å². The van der Waals surface area contributed by atoms with Crippen molar-refractivity contribution in [1.29, 1.82) is 0 Å². The number of esters is 1. The first-order chi connectivity index (χ1) is 12.0. The van der Waals surface area contributed by atoms with Crippen LogP contribution in [0.15, 0.2) is 22.0 Å². The standard InChI is InChI=1S/C17H18FN3O3S/c1-9-21-12-8-13(20-5-3-19-4-6-20)11(18)7-10(12)15(22)14(16(21)25-9)17(23)24-2/h7-9,19H,3-6H2,1-2H3. The number of carbonyl (C=O) groups is 1. The zero-order valence-corrected chi connectivity index (χ0v) is 14.8. The third kappa shape index (κ3) is 2.43. The van der Waals surface area contributed by atoms with Crippen LogP contribution < -0.4 is 15.6 Å². The minimum Gasteiger partial charge on any atom is -0.465 e. The maximum atomic E-state index is 14.7. The number of aromatic nitrogens is 1. The summed E-state index contributed by atoms with van der Waals surface area (Å²) in [7, 11) is 1.24. The molecule has 8 heteroatoms. The van der Waals surface area contributed by atoms with Crippen molar-refractivity contribution in [3.05, 3.63) is 33.7 Å². The van der Waals surface area contributed by atoms with Crippen LogP contribution in [0.5, 0.6) is 0 Å². The van der Waals surface area contributed by atoms with Gasteiger partial charge in [0.25, 0.3) is 0 Å². The van der Waals surface area contributed by atoms with Crippen molar-refractivity contribution >= 4 is 34.3 Å². The fourth-order valence-electron chi connectivity index (χ4n) is 3.47. The molecule has 1 saturated heterocycles. The van der Waals surface area contributed by atoms with Crippen LogP contribution in [0, 0.1) is 5.82 Å². The van der Waals surface area contributed by atoms with Crippen LogP contribution in [-0.4, -0.2) is 43.8 Å². The van der Waals surface area contributed by atoms with Crippen molar-refractivity contribution in [3.63, 3.8) is 0 Å². The van der Waals surface area contributed by atoms with Gasteiger partial charge in [0, 0.05) is 31.6 Å². The number of hydrogen-bond acceptors (Lipinski definition) is 6. The van der Waals surface area contributed by atoms with Gasteiger partial charge in [-0.25, -0.2) is 9.18 Å². The number of benzene rings is 1. The van der Waals surface area contributed by atoms with E-state index in [1.807, 2.05) is 16.4 Å². The number of pyridine rings is 1. The van der Waals surface area contributed by atoms with Crippen LogP contribution in [-0.2, 0) is 4.74 Å². The number of carbonyl (C=O) groups excluding carboxylic acids is 1. The lowest BCUT2D eigenvalue weighted by Gasteiger charge is -2.34. The molecule has 3 heterocycles. The smallest absolute Gasteiger partial charge is 0.344 e. The summed E-state index contributed by atoms with van der Waals surface area (Å²) in [6.45, 7) is 5.00. The number of hydrogen-bond donors (Lipinski definition) is 1. The summed E-state index contributed by atoms with van der Waals surface area (Å²) in [4.78, 5) is 26.8.